The second-order valence-electron chi connectivity index (χ2n) is 7.49. The van der Waals surface area contributed by atoms with Gasteiger partial charge in [0.05, 0.1) is 0 Å². The van der Waals surface area contributed by atoms with Crippen molar-refractivity contribution in [3.63, 3.8) is 0 Å². The lowest BCUT2D eigenvalue weighted by molar-refractivity contribution is 0.0955. The Kier molecular flexibility index (Phi) is 3.90. The smallest absolute Gasteiger partial charge is 0.267 e. The number of fused-ring (bicyclic) bond motifs is 2. The molecule has 1 aromatic carbocycles. The van der Waals surface area contributed by atoms with Gasteiger partial charge in [-0.3, -0.25) is 4.79 Å². The van der Waals surface area contributed by atoms with Gasteiger partial charge in [0.25, 0.3) is 5.91 Å². The molecule has 3 nitrogen and oxygen atoms in total. The predicted octanol–water partition coefficient (Wildman–Crippen LogP) is 3.91. The highest BCUT2D eigenvalue weighted by atomic mass is 16.2. The van der Waals surface area contributed by atoms with Crippen LogP contribution in [0.3, 0.4) is 0 Å². The first kappa shape index (κ1) is 15.0. The van der Waals surface area contributed by atoms with Gasteiger partial charge in [-0.1, -0.05) is 45.1 Å². The number of benzene rings is 1. The number of nitrogens with zero attached hydrogens (tertiary/aromatic N) is 1. The molecule has 3 unspecified atom stereocenters. The molecule has 1 fully saturated rings. The van der Waals surface area contributed by atoms with Crippen molar-refractivity contribution in [1.29, 1.82) is 0 Å². The van der Waals surface area contributed by atoms with E-state index in [1.54, 1.807) is 0 Å². The molecule has 1 amide bonds. The number of hydrogen-bond donors (Lipinski definition) is 1. The molecule has 116 valence electrons. The molecule has 22 heavy (non-hydrogen) atoms. The Bertz CT molecular complexity index is 607. The van der Waals surface area contributed by atoms with Gasteiger partial charge in [-0.25, -0.2) is 5.43 Å². The second kappa shape index (κ2) is 5.71. The van der Waals surface area contributed by atoms with Crippen LogP contribution < -0.4 is 5.43 Å². The molecule has 0 radical (unpaired) electrons. The maximum absolute atomic E-state index is 12.1. The van der Waals surface area contributed by atoms with Crippen LogP contribution >= 0.6 is 0 Å². The van der Waals surface area contributed by atoms with E-state index >= 15 is 0 Å². The Labute approximate surface area is 132 Å². The number of rotatable bonds is 3. The van der Waals surface area contributed by atoms with Gasteiger partial charge in [0.1, 0.15) is 0 Å². The maximum atomic E-state index is 12.1. The normalized spacial score (nSPS) is 26.8. The highest BCUT2D eigenvalue weighted by Crippen LogP contribution is 2.42. The second-order valence-corrected chi connectivity index (χ2v) is 7.49. The standard InChI is InChI=1S/C19H24N2O/c1-19(2,3)17-8-6-14(7-9-17)18(22)21-20-12-16-11-13-4-5-15(16)10-13/h4-9,12-13,15-16H,10-11H2,1-3H3,(H,21,22)/b20-12+. The zero-order valence-electron chi connectivity index (χ0n) is 13.5. The summed E-state index contributed by atoms with van der Waals surface area (Å²) in [4.78, 5) is 12.1. The van der Waals surface area contributed by atoms with Crippen LogP contribution in [0, 0.1) is 17.8 Å². The van der Waals surface area contributed by atoms with E-state index in [1.165, 1.54) is 18.4 Å². The van der Waals surface area contributed by atoms with Crippen molar-refractivity contribution in [3.8, 4) is 0 Å². The van der Waals surface area contributed by atoms with E-state index in [2.05, 4.69) is 43.5 Å². The van der Waals surface area contributed by atoms with Crippen LogP contribution in [0.5, 0.6) is 0 Å². The fourth-order valence-electron chi connectivity index (χ4n) is 3.37. The van der Waals surface area contributed by atoms with E-state index in [9.17, 15) is 4.79 Å². The van der Waals surface area contributed by atoms with E-state index in [-0.39, 0.29) is 11.3 Å². The summed E-state index contributed by atoms with van der Waals surface area (Å²) >= 11 is 0. The summed E-state index contributed by atoms with van der Waals surface area (Å²) in [6.45, 7) is 6.49. The third-order valence-corrected chi connectivity index (χ3v) is 4.78. The summed E-state index contributed by atoms with van der Waals surface area (Å²) in [5.41, 5.74) is 4.62. The fourth-order valence-corrected chi connectivity index (χ4v) is 3.37. The van der Waals surface area contributed by atoms with Crippen LogP contribution in [0.2, 0.25) is 0 Å². The zero-order chi connectivity index (χ0) is 15.7. The molecule has 2 aliphatic rings. The van der Waals surface area contributed by atoms with Crippen molar-refractivity contribution in [2.45, 2.75) is 39.0 Å². The Morgan fingerprint density at radius 3 is 2.45 bits per heavy atom. The first-order valence-electron chi connectivity index (χ1n) is 8.06. The van der Waals surface area contributed by atoms with Crippen LogP contribution in [-0.4, -0.2) is 12.1 Å². The number of nitrogens with one attached hydrogen (secondary N) is 1. The molecule has 2 bridgehead atoms. The van der Waals surface area contributed by atoms with Gasteiger partial charge in [0.2, 0.25) is 0 Å². The minimum atomic E-state index is -0.143. The average Bonchev–Trinajstić information content (AvgIpc) is 3.09. The van der Waals surface area contributed by atoms with Crippen molar-refractivity contribution in [2.75, 3.05) is 0 Å². The van der Waals surface area contributed by atoms with Gasteiger partial charge in [0.15, 0.2) is 0 Å². The quantitative estimate of drug-likeness (QED) is 0.513. The largest absolute Gasteiger partial charge is 0.271 e. The van der Waals surface area contributed by atoms with Crippen LogP contribution in [0.4, 0.5) is 0 Å². The summed E-state index contributed by atoms with van der Waals surface area (Å²) < 4.78 is 0. The van der Waals surface area contributed by atoms with E-state index < -0.39 is 0 Å². The number of hydrazone groups is 1. The molecule has 2 aliphatic carbocycles. The van der Waals surface area contributed by atoms with E-state index in [0.717, 1.165) is 5.92 Å². The van der Waals surface area contributed by atoms with Crippen molar-refractivity contribution in [3.05, 3.63) is 47.5 Å². The molecule has 1 N–H and O–H groups in total. The Morgan fingerprint density at radius 1 is 1.18 bits per heavy atom. The number of hydrogen-bond acceptors (Lipinski definition) is 2. The molecular formula is C19H24N2O. The topological polar surface area (TPSA) is 41.5 Å². The fraction of sp³-hybridized carbons (Fsp3) is 0.474. The average molecular weight is 296 g/mol. The molecule has 0 saturated heterocycles. The molecular weight excluding hydrogens is 272 g/mol. The molecule has 1 saturated carbocycles. The van der Waals surface area contributed by atoms with Crippen LogP contribution in [-0.2, 0) is 5.41 Å². The van der Waals surface area contributed by atoms with Gasteiger partial charge < -0.3 is 0 Å². The minimum Gasteiger partial charge on any atom is -0.267 e. The summed E-state index contributed by atoms with van der Waals surface area (Å²) in [5, 5.41) is 4.16. The van der Waals surface area contributed by atoms with Crippen molar-refractivity contribution < 1.29 is 4.79 Å². The monoisotopic (exact) mass is 296 g/mol. The number of allylic oxidation sites excluding steroid dienone is 2. The zero-order valence-corrected chi connectivity index (χ0v) is 13.5. The lowest BCUT2D eigenvalue weighted by Gasteiger charge is -2.18. The van der Waals surface area contributed by atoms with Crippen LogP contribution in [0.25, 0.3) is 0 Å². The van der Waals surface area contributed by atoms with Crippen molar-refractivity contribution in [1.82, 2.24) is 5.43 Å². The highest BCUT2D eigenvalue weighted by Gasteiger charge is 2.34. The maximum Gasteiger partial charge on any atom is 0.271 e. The summed E-state index contributed by atoms with van der Waals surface area (Å²) in [7, 11) is 0. The molecule has 3 rings (SSSR count). The molecule has 0 aromatic heterocycles. The number of carbonyl (C=O) groups excluding carboxylic acids is 1. The first-order valence-corrected chi connectivity index (χ1v) is 8.06. The molecule has 0 heterocycles. The predicted molar refractivity (Wildman–Crippen MR) is 89.9 cm³/mol. The number of carbonyl (C=O) groups is 1. The highest BCUT2D eigenvalue weighted by molar-refractivity contribution is 5.94. The summed E-state index contributed by atoms with van der Waals surface area (Å²) in [6.07, 6.45) is 8.93. The molecule has 3 heteroatoms. The van der Waals surface area contributed by atoms with Crippen molar-refractivity contribution in [2.24, 2.45) is 22.9 Å². The van der Waals surface area contributed by atoms with E-state index in [1.807, 2.05) is 30.5 Å². The van der Waals surface area contributed by atoms with Gasteiger partial charge in [-0.2, -0.15) is 5.10 Å². The van der Waals surface area contributed by atoms with E-state index in [4.69, 9.17) is 0 Å². The van der Waals surface area contributed by atoms with Gasteiger partial charge in [0, 0.05) is 17.7 Å². The van der Waals surface area contributed by atoms with Gasteiger partial charge >= 0.3 is 0 Å². The lowest BCUT2D eigenvalue weighted by atomic mass is 9.87. The molecule has 3 atom stereocenters. The third kappa shape index (κ3) is 3.13. The molecule has 0 aliphatic heterocycles. The van der Waals surface area contributed by atoms with Gasteiger partial charge in [-0.05, 0) is 47.8 Å². The van der Waals surface area contributed by atoms with Crippen LogP contribution in [0.15, 0.2) is 41.5 Å². The van der Waals surface area contributed by atoms with E-state index in [0.29, 0.717) is 17.4 Å². The molecule has 0 spiro atoms. The van der Waals surface area contributed by atoms with Crippen LogP contribution in [0.1, 0.15) is 49.5 Å². The minimum absolute atomic E-state index is 0.0997. The molecule has 1 aromatic rings. The summed E-state index contributed by atoms with van der Waals surface area (Å²) in [6, 6.07) is 7.76. The Morgan fingerprint density at radius 2 is 1.91 bits per heavy atom. The Hall–Kier alpha value is -1.90. The number of amides is 1. The SMILES string of the molecule is CC(C)(C)c1ccc(C(=O)N/N=C/C2CC3C=CC2C3)cc1. The summed E-state index contributed by atoms with van der Waals surface area (Å²) in [5.74, 6) is 1.69. The lowest BCUT2D eigenvalue weighted by Crippen LogP contribution is -2.20. The first-order chi connectivity index (χ1) is 10.4. The third-order valence-electron chi connectivity index (χ3n) is 4.78. The Balaban J connectivity index is 1.57. The van der Waals surface area contributed by atoms with Crippen molar-refractivity contribution >= 4 is 12.1 Å². The van der Waals surface area contributed by atoms with Gasteiger partial charge in [-0.15, -0.1) is 0 Å².